The Bertz CT molecular complexity index is 1530. The summed E-state index contributed by atoms with van der Waals surface area (Å²) in [6.07, 6.45) is 3.63. The van der Waals surface area contributed by atoms with Gasteiger partial charge in [0.1, 0.15) is 29.2 Å². The molecule has 1 amide bonds. The lowest BCUT2D eigenvalue weighted by Gasteiger charge is -2.20. The molecule has 2 N–H and O–H groups in total. The molecule has 1 aliphatic carbocycles. The average molecular weight is 559 g/mol. The number of nitrogens with one attached hydrogen (secondary N) is 2. The predicted molar refractivity (Wildman–Crippen MR) is 150 cm³/mol. The lowest BCUT2D eigenvalue weighted by molar-refractivity contribution is -0.148. The Balaban J connectivity index is 1.39. The number of anilines is 1. The van der Waals surface area contributed by atoms with Gasteiger partial charge in [-0.05, 0) is 74.2 Å². The number of fused-ring (bicyclic) bond motifs is 1. The lowest BCUT2D eigenvalue weighted by Crippen LogP contribution is -2.42. The average Bonchev–Trinajstić information content (AvgIpc) is 3.44. The number of halogens is 1. The maximum Gasteiger partial charge on any atom is 0.311 e. The number of nitrogens with zero attached hydrogens (tertiary/aromatic N) is 4. The number of carbonyl (C=O) groups is 2. The Hall–Kier alpha value is -4.67. The van der Waals surface area contributed by atoms with Crippen LogP contribution in [0.1, 0.15) is 37.6 Å². The molecule has 2 aromatic carbocycles. The monoisotopic (exact) mass is 558 g/mol. The summed E-state index contributed by atoms with van der Waals surface area (Å²) in [6.45, 7) is 4.03. The minimum Gasteiger partial charge on any atom is -0.481 e. The Morgan fingerprint density at radius 1 is 1.02 bits per heavy atom. The van der Waals surface area contributed by atoms with Crippen LogP contribution in [0.5, 0.6) is 5.75 Å². The summed E-state index contributed by atoms with van der Waals surface area (Å²) < 4.78 is 24.8. The highest BCUT2D eigenvalue weighted by atomic mass is 19.1. The standard InChI is InChI=1S/C30H31FN6O4/c1-3-40-30(39)23-5-4-6-25(23)35-27(38)16-41-26-14-20(19-8-10-21(31)11-9-19)13-24-28(26)33-17-34-29(24)32-15-22-12-7-18(2)36-37-22/h7-14,17,23,25H,3-6,15-16H2,1-2H3,(H,35,38)(H,32,33,34)/t23-,25+/m0/s1. The van der Waals surface area contributed by atoms with E-state index in [2.05, 4.69) is 30.8 Å². The summed E-state index contributed by atoms with van der Waals surface area (Å²) in [6, 6.07) is 13.2. The molecule has 11 heteroatoms. The van der Waals surface area contributed by atoms with Crippen LogP contribution in [0.2, 0.25) is 0 Å². The molecular formula is C30H31FN6O4. The maximum absolute atomic E-state index is 13.6. The first kappa shape index (κ1) is 27.9. The molecule has 0 saturated heterocycles. The first-order valence-electron chi connectivity index (χ1n) is 13.6. The second kappa shape index (κ2) is 12.7. The highest BCUT2D eigenvalue weighted by Gasteiger charge is 2.35. The molecular weight excluding hydrogens is 527 g/mol. The summed E-state index contributed by atoms with van der Waals surface area (Å²) >= 11 is 0. The highest BCUT2D eigenvalue weighted by molar-refractivity contribution is 5.96. The van der Waals surface area contributed by atoms with Crippen molar-refractivity contribution in [3.63, 3.8) is 0 Å². The zero-order chi connectivity index (χ0) is 28.8. The molecule has 0 aliphatic heterocycles. The van der Waals surface area contributed by atoms with Crippen LogP contribution in [0.25, 0.3) is 22.0 Å². The van der Waals surface area contributed by atoms with Crippen LogP contribution in [0.3, 0.4) is 0 Å². The maximum atomic E-state index is 13.6. The fraction of sp³-hybridized carbons (Fsp3) is 0.333. The molecule has 0 bridgehead atoms. The third kappa shape index (κ3) is 6.74. The topological polar surface area (TPSA) is 128 Å². The quantitative estimate of drug-likeness (QED) is 0.273. The van der Waals surface area contributed by atoms with E-state index in [4.69, 9.17) is 9.47 Å². The van der Waals surface area contributed by atoms with Gasteiger partial charge in [-0.1, -0.05) is 18.6 Å². The molecule has 1 saturated carbocycles. The van der Waals surface area contributed by atoms with Crippen LogP contribution in [0, 0.1) is 18.7 Å². The number of amides is 1. The van der Waals surface area contributed by atoms with Gasteiger partial charge >= 0.3 is 5.97 Å². The van der Waals surface area contributed by atoms with E-state index < -0.39 is 0 Å². The highest BCUT2D eigenvalue weighted by Crippen LogP contribution is 2.34. The van der Waals surface area contributed by atoms with E-state index in [0.29, 0.717) is 48.5 Å². The number of carbonyl (C=O) groups excluding carboxylic acids is 2. The lowest BCUT2D eigenvalue weighted by atomic mass is 10.0. The molecule has 2 heterocycles. The van der Waals surface area contributed by atoms with Crippen molar-refractivity contribution in [1.29, 1.82) is 0 Å². The number of benzene rings is 2. The Kier molecular flexibility index (Phi) is 8.61. The minimum absolute atomic E-state index is 0.278. The van der Waals surface area contributed by atoms with Gasteiger partial charge in [0.15, 0.2) is 6.61 Å². The third-order valence-corrected chi connectivity index (χ3v) is 6.98. The molecule has 0 unspecified atom stereocenters. The van der Waals surface area contributed by atoms with Gasteiger partial charge in [-0.15, -0.1) is 0 Å². The summed E-state index contributed by atoms with van der Waals surface area (Å²) in [5.41, 5.74) is 3.55. The van der Waals surface area contributed by atoms with Gasteiger partial charge in [0.05, 0.1) is 30.5 Å². The molecule has 0 spiro atoms. The normalized spacial score (nSPS) is 16.4. The summed E-state index contributed by atoms with van der Waals surface area (Å²) in [5, 5.41) is 15.2. The fourth-order valence-corrected chi connectivity index (χ4v) is 4.95. The largest absolute Gasteiger partial charge is 0.481 e. The number of hydrogen-bond donors (Lipinski definition) is 2. The number of rotatable bonds is 10. The number of ether oxygens (including phenoxy) is 2. The molecule has 5 rings (SSSR count). The minimum atomic E-state index is -0.360. The Morgan fingerprint density at radius 2 is 1.85 bits per heavy atom. The second-order valence-corrected chi connectivity index (χ2v) is 9.87. The van der Waals surface area contributed by atoms with E-state index >= 15 is 0 Å². The third-order valence-electron chi connectivity index (χ3n) is 6.98. The molecule has 1 fully saturated rings. The van der Waals surface area contributed by atoms with Crippen molar-refractivity contribution in [3.8, 4) is 16.9 Å². The van der Waals surface area contributed by atoms with E-state index in [1.54, 1.807) is 25.1 Å². The van der Waals surface area contributed by atoms with E-state index in [1.807, 2.05) is 25.1 Å². The van der Waals surface area contributed by atoms with Crippen molar-refractivity contribution in [1.82, 2.24) is 25.5 Å². The van der Waals surface area contributed by atoms with Gasteiger partial charge in [-0.3, -0.25) is 9.59 Å². The van der Waals surface area contributed by atoms with Crippen molar-refractivity contribution in [2.24, 2.45) is 5.92 Å². The molecule has 2 aromatic heterocycles. The Labute approximate surface area is 236 Å². The SMILES string of the molecule is CCOC(=O)[C@H]1CCC[C@H]1NC(=O)COc1cc(-c2ccc(F)cc2)cc2c(NCc3ccc(C)nn3)ncnc12. The van der Waals surface area contributed by atoms with Gasteiger partial charge in [0.25, 0.3) is 5.91 Å². The molecule has 0 radical (unpaired) electrons. The van der Waals surface area contributed by atoms with Gasteiger partial charge < -0.3 is 20.1 Å². The summed E-state index contributed by atoms with van der Waals surface area (Å²) in [4.78, 5) is 34.0. The van der Waals surface area contributed by atoms with Gasteiger partial charge in [0.2, 0.25) is 0 Å². The number of hydrogen-bond acceptors (Lipinski definition) is 9. The predicted octanol–water partition coefficient (Wildman–Crippen LogP) is 4.37. The van der Waals surface area contributed by atoms with Gasteiger partial charge in [0, 0.05) is 11.4 Å². The van der Waals surface area contributed by atoms with E-state index in [-0.39, 0.29) is 36.3 Å². The van der Waals surface area contributed by atoms with Gasteiger partial charge in [-0.25, -0.2) is 14.4 Å². The molecule has 10 nitrogen and oxygen atoms in total. The molecule has 1 aliphatic rings. The number of esters is 1. The van der Waals surface area contributed by atoms with Crippen molar-refractivity contribution >= 4 is 28.6 Å². The molecule has 212 valence electrons. The molecule has 4 aromatic rings. The zero-order valence-corrected chi connectivity index (χ0v) is 22.9. The second-order valence-electron chi connectivity index (χ2n) is 9.87. The molecule has 41 heavy (non-hydrogen) atoms. The van der Waals surface area contributed by atoms with Crippen LogP contribution >= 0.6 is 0 Å². The van der Waals surface area contributed by atoms with Crippen molar-refractivity contribution < 1.29 is 23.5 Å². The summed E-state index contributed by atoms with van der Waals surface area (Å²) in [7, 11) is 0. The first-order valence-corrected chi connectivity index (χ1v) is 13.6. The smallest absolute Gasteiger partial charge is 0.311 e. The van der Waals surface area contributed by atoms with Crippen molar-refractivity contribution in [2.75, 3.05) is 18.5 Å². The first-order chi connectivity index (χ1) is 19.9. The number of aromatic nitrogens is 4. The van der Waals surface area contributed by atoms with Crippen molar-refractivity contribution in [2.45, 2.75) is 45.7 Å². The van der Waals surface area contributed by atoms with Crippen LogP contribution < -0.4 is 15.4 Å². The van der Waals surface area contributed by atoms with E-state index in [1.165, 1.54) is 18.5 Å². The van der Waals surface area contributed by atoms with E-state index in [9.17, 15) is 14.0 Å². The van der Waals surface area contributed by atoms with Crippen LogP contribution in [-0.4, -0.2) is 51.3 Å². The summed E-state index contributed by atoms with van der Waals surface area (Å²) in [5.74, 6) is -0.439. The van der Waals surface area contributed by atoms with Crippen molar-refractivity contribution in [3.05, 3.63) is 72.1 Å². The van der Waals surface area contributed by atoms with E-state index in [0.717, 1.165) is 28.9 Å². The van der Waals surface area contributed by atoms with Crippen LogP contribution in [0.15, 0.2) is 54.9 Å². The van der Waals surface area contributed by atoms with Gasteiger partial charge in [-0.2, -0.15) is 10.2 Å². The zero-order valence-electron chi connectivity index (χ0n) is 22.9. The Morgan fingerprint density at radius 3 is 2.61 bits per heavy atom. The molecule has 2 atom stereocenters. The van der Waals surface area contributed by atoms with Crippen LogP contribution in [0.4, 0.5) is 10.2 Å². The van der Waals surface area contributed by atoms with Crippen LogP contribution in [-0.2, 0) is 20.9 Å². The number of aryl methyl sites for hydroxylation is 1. The fourth-order valence-electron chi connectivity index (χ4n) is 4.95.